The van der Waals surface area contributed by atoms with Crippen LogP contribution in [0, 0.1) is 0 Å². The molecule has 0 saturated carbocycles. The number of hydrogen-bond acceptors (Lipinski definition) is 6. The van der Waals surface area contributed by atoms with E-state index in [1.807, 2.05) is 0 Å². The molecule has 0 radical (unpaired) electrons. The van der Waals surface area contributed by atoms with Gasteiger partial charge in [0.05, 0.1) is 27.9 Å². The van der Waals surface area contributed by atoms with Crippen molar-refractivity contribution in [1.82, 2.24) is 9.78 Å². The topological polar surface area (TPSA) is 142 Å². The lowest BCUT2D eigenvalue weighted by atomic mass is 9.96. The van der Waals surface area contributed by atoms with E-state index in [1.54, 1.807) is 0 Å². The first-order valence-electron chi connectivity index (χ1n) is 9.51. The fraction of sp³-hybridized carbons (Fsp3) is 0.190. The van der Waals surface area contributed by atoms with Gasteiger partial charge in [0.1, 0.15) is 18.6 Å². The molecule has 0 amide bonds. The molecule has 0 aliphatic rings. The number of aromatic carboxylic acids is 1. The molecule has 0 aliphatic carbocycles. The van der Waals surface area contributed by atoms with Crippen molar-refractivity contribution in [3.8, 4) is 16.9 Å². The summed E-state index contributed by atoms with van der Waals surface area (Å²) in [4.78, 5) is 22.4. The number of nitrogens with zero attached hydrogens (tertiary/aromatic N) is 2. The second kappa shape index (κ2) is 9.27. The molecular formula is C21H18F3N3O6S. The lowest BCUT2D eigenvalue weighted by molar-refractivity contribution is -0.137. The van der Waals surface area contributed by atoms with Gasteiger partial charge in [0.15, 0.2) is 0 Å². The molecule has 0 spiro atoms. The minimum absolute atomic E-state index is 0.00374. The van der Waals surface area contributed by atoms with Gasteiger partial charge in [-0.05, 0) is 35.9 Å². The third kappa shape index (κ3) is 5.10. The van der Waals surface area contributed by atoms with Crippen LogP contribution in [-0.2, 0) is 41.1 Å². The fourth-order valence-electron chi connectivity index (χ4n) is 3.38. The molecule has 0 aliphatic heterocycles. The molecule has 1 heterocycles. The summed E-state index contributed by atoms with van der Waals surface area (Å²) < 4.78 is 70.0. The van der Waals surface area contributed by atoms with Crippen molar-refractivity contribution in [3.05, 3.63) is 65.0 Å². The van der Waals surface area contributed by atoms with E-state index >= 15 is 0 Å². The average molecular weight is 497 g/mol. The minimum Gasteiger partial charge on any atom is -0.487 e. The number of aromatic nitrogens is 2. The SMILES string of the molecule is Cn1ncc(-c2c(C(=O)O)ccc(CC=O)c2S(N)(=O)=O)c1COc1ccc(C(F)(F)F)cc1. The van der Waals surface area contributed by atoms with Crippen molar-refractivity contribution < 1.29 is 41.0 Å². The number of alkyl halides is 3. The van der Waals surface area contributed by atoms with E-state index in [9.17, 15) is 36.3 Å². The summed E-state index contributed by atoms with van der Waals surface area (Å²) in [7, 11) is -3.00. The van der Waals surface area contributed by atoms with Gasteiger partial charge in [-0.3, -0.25) is 4.68 Å². The van der Waals surface area contributed by atoms with Gasteiger partial charge in [-0.2, -0.15) is 18.3 Å². The van der Waals surface area contributed by atoms with Crippen LogP contribution in [0.3, 0.4) is 0 Å². The highest BCUT2D eigenvalue weighted by Crippen LogP contribution is 2.36. The molecule has 3 aromatic rings. The molecule has 2 aromatic carbocycles. The Morgan fingerprint density at radius 1 is 1.21 bits per heavy atom. The van der Waals surface area contributed by atoms with Crippen LogP contribution in [0.5, 0.6) is 5.75 Å². The van der Waals surface area contributed by atoms with E-state index in [0.29, 0.717) is 6.29 Å². The Kier molecular flexibility index (Phi) is 6.79. The molecule has 3 N–H and O–H groups in total. The van der Waals surface area contributed by atoms with Crippen LogP contribution in [0.15, 0.2) is 47.5 Å². The van der Waals surface area contributed by atoms with Crippen LogP contribution in [0.4, 0.5) is 13.2 Å². The standard InChI is InChI=1S/C21H18F3N3O6S/c1-27-17(11-33-14-5-3-13(4-6-14)21(22,23)24)16(10-26-27)18-15(20(29)30)7-2-12(8-9-28)19(18)34(25,31)32/h2-7,9-10H,8,11H2,1H3,(H,29,30)(H2,25,31,32). The molecule has 0 unspecified atom stereocenters. The fourth-order valence-corrected chi connectivity index (χ4v) is 4.40. The number of sulfonamides is 1. The van der Waals surface area contributed by atoms with Crippen LogP contribution in [0.1, 0.15) is 27.2 Å². The number of nitrogens with two attached hydrogens (primary N) is 1. The molecule has 0 saturated heterocycles. The Labute approximate surface area is 191 Å². The number of aldehydes is 1. The molecular weight excluding hydrogens is 479 g/mol. The number of primary sulfonamides is 1. The summed E-state index contributed by atoms with van der Waals surface area (Å²) >= 11 is 0. The van der Waals surface area contributed by atoms with Crippen molar-refractivity contribution in [2.24, 2.45) is 12.2 Å². The van der Waals surface area contributed by atoms with Crippen molar-refractivity contribution in [2.45, 2.75) is 24.1 Å². The monoisotopic (exact) mass is 497 g/mol. The summed E-state index contributed by atoms with van der Waals surface area (Å²) in [6.45, 7) is -0.293. The first kappa shape index (κ1) is 24.9. The van der Waals surface area contributed by atoms with Gasteiger partial charge in [-0.15, -0.1) is 0 Å². The van der Waals surface area contributed by atoms with Gasteiger partial charge in [0, 0.05) is 24.6 Å². The third-order valence-electron chi connectivity index (χ3n) is 4.95. The number of ether oxygens (including phenoxy) is 1. The van der Waals surface area contributed by atoms with Crippen molar-refractivity contribution in [2.75, 3.05) is 0 Å². The maximum Gasteiger partial charge on any atom is 0.416 e. The number of hydrogen-bond donors (Lipinski definition) is 2. The highest BCUT2D eigenvalue weighted by molar-refractivity contribution is 7.89. The predicted octanol–water partition coefficient (Wildman–Crippen LogP) is 2.77. The smallest absolute Gasteiger partial charge is 0.416 e. The van der Waals surface area contributed by atoms with Gasteiger partial charge in [0.25, 0.3) is 0 Å². The van der Waals surface area contributed by atoms with E-state index in [4.69, 9.17) is 9.88 Å². The Balaban J connectivity index is 2.11. The van der Waals surface area contributed by atoms with Crippen LogP contribution in [0.25, 0.3) is 11.1 Å². The highest BCUT2D eigenvalue weighted by Gasteiger charge is 2.30. The van der Waals surface area contributed by atoms with E-state index in [2.05, 4.69) is 5.10 Å². The summed E-state index contributed by atoms with van der Waals surface area (Å²) in [6.07, 6.45) is -3.19. The van der Waals surface area contributed by atoms with E-state index in [0.717, 1.165) is 30.3 Å². The molecule has 0 fully saturated rings. The van der Waals surface area contributed by atoms with Crippen LogP contribution < -0.4 is 9.88 Å². The van der Waals surface area contributed by atoms with Crippen molar-refractivity contribution >= 4 is 22.3 Å². The summed E-state index contributed by atoms with van der Waals surface area (Å²) in [5, 5.41) is 19.1. The second-order valence-electron chi connectivity index (χ2n) is 7.14. The normalized spacial score (nSPS) is 11.9. The van der Waals surface area contributed by atoms with E-state index < -0.39 is 38.2 Å². The molecule has 1 aromatic heterocycles. The zero-order valence-electron chi connectivity index (χ0n) is 17.5. The molecule has 3 rings (SSSR count). The first-order valence-corrected chi connectivity index (χ1v) is 11.1. The highest BCUT2D eigenvalue weighted by atomic mass is 32.2. The number of aryl methyl sites for hydroxylation is 1. The zero-order chi connectivity index (χ0) is 25.3. The number of halogens is 3. The van der Waals surface area contributed by atoms with Crippen LogP contribution in [0.2, 0.25) is 0 Å². The zero-order valence-corrected chi connectivity index (χ0v) is 18.4. The molecule has 9 nitrogen and oxygen atoms in total. The predicted molar refractivity (Wildman–Crippen MR) is 113 cm³/mol. The Bertz CT molecular complexity index is 1350. The number of rotatable bonds is 8. The van der Waals surface area contributed by atoms with Gasteiger partial charge in [-0.1, -0.05) is 6.07 Å². The lowest BCUT2D eigenvalue weighted by Crippen LogP contribution is -2.19. The van der Waals surface area contributed by atoms with Crippen LogP contribution in [-0.4, -0.2) is 35.6 Å². The summed E-state index contributed by atoms with van der Waals surface area (Å²) in [6, 6.07) is 6.24. The lowest BCUT2D eigenvalue weighted by Gasteiger charge is -2.16. The van der Waals surface area contributed by atoms with Crippen LogP contribution >= 0.6 is 0 Å². The number of carboxylic acid groups (broad SMARTS) is 1. The number of carbonyl (C=O) groups excluding carboxylic acids is 1. The maximum atomic E-state index is 12.8. The Morgan fingerprint density at radius 3 is 2.38 bits per heavy atom. The quantitative estimate of drug-likeness (QED) is 0.456. The van der Waals surface area contributed by atoms with Crippen molar-refractivity contribution in [1.29, 1.82) is 0 Å². The Morgan fingerprint density at radius 2 is 1.85 bits per heavy atom. The largest absolute Gasteiger partial charge is 0.487 e. The maximum absolute atomic E-state index is 12.8. The van der Waals surface area contributed by atoms with Gasteiger partial charge in [-0.25, -0.2) is 18.4 Å². The number of carbonyl (C=O) groups is 2. The van der Waals surface area contributed by atoms with E-state index in [1.165, 1.54) is 24.0 Å². The van der Waals surface area contributed by atoms with Crippen molar-refractivity contribution in [3.63, 3.8) is 0 Å². The Hall–Kier alpha value is -3.71. The molecule has 34 heavy (non-hydrogen) atoms. The molecule has 0 bridgehead atoms. The molecule has 0 atom stereocenters. The molecule has 13 heteroatoms. The summed E-state index contributed by atoms with van der Waals surface area (Å²) in [5.74, 6) is -1.36. The summed E-state index contributed by atoms with van der Waals surface area (Å²) in [5.41, 5.74) is -1.26. The molecule has 180 valence electrons. The minimum atomic E-state index is -4.52. The van der Waals surface area contributed by atoms with Gasteiger partial charge >= 0.3 is 12.1 Å². The van der Waals surface area contributed by atoms with Gasteiger partial charge in [0.2, 0.25) is 10.0 Å². The van der Waals surface area contributed by atoms with E-state index in [-0.39, 0.29) is 41.2 Å². The average Bonchev–Trinajstić information content (AvgIpc) is 3.10. The third-order valence-corrected chi connectivity index (χ3v) is 5.98. The first-order chi connectivity index (χ1) is 15.8. The number of carboxylic acids is 1. The number of benzene rings is 2. The van der Waals surface area contributed by atoms with Gasteiger partial charge < -0.3 is 14.6 Å². The second-order valence-corrected chi connectivity index (χ2v) is 8.63.